The van der Waals surface area contributed by atoms with Gasteiger partial charge in [0.25, 0.3) is 0 Å². The zero-order chi connectivity index (χ0) is 12.1. The van der Waals surface area contributed by atoms with Gasteiger partial charge in [0, 0.05) is 19.2 Å². The Kier molecular flexibility index (Phi) is 4.83. The molecule has 1 heterocycles. The van der Waals surface area contributed by atoms with Crippen molar-refractivity contribution in [1.29, 1.82) is 0 Å². The number of piperidine rings is 1. The van der Waals surface area contributed by atoms with Crippen molar-refractivity contribution in [2.45, 2.75) is 50.5 Å². The molecule has 1 saturated heterocycles. The second-order valence-electron chi connectivity index (χ2n) is 6.08. The third kappa shape index (κ3) is 3.94. The van der Waals surface area contributed by atoms with Crippen LogP contribution in [-0.4, -0.2) is 43.8 Å². The summed E-state index contributed by atoms with van der Waals surface area (Å²) in [6.07, 6.45) is 8.99. The molecule has 0 amide bonds. The van der Waals surface area contributed by atoms with Gasteiger partial charge in [0.2, 0.25) is 0 Å². The van der Waals surface area contributed by atoms with Crippen molar-refractivity contribution in [3.8, 4) is 0 Å². The predicted octanol–water partition coefficient (Wildman–Crippen LogP) is 2.01. The lowest BCUT2D eigenvalue weighted by atomic mass is 9.93. The van der Waals surface area contributed by atoms with E-state index in [1.54, 1.807) is 0 Å². The number of likely N-dealkylation sites (tertiary alicyclic amines) is 1. The van der Waals surface area contributed by atoms with Gasteiger partial charge in [-0.25, -0.2) is 0 Å². The van der Waals surface area contributed by atoms with Crippen LogP contribution in [0, 0.1) is 5.92 Å². The van der Waals surface area contributed by atoms with Crippen LogP contribution in [0.2, 0.25) is 0 Å². The van der Waals surface area contributed by atoms with Gasteiger partial charge in [0.05, 0.1) is 6.61 Å². The molecule has 1 saturated carbocycles. The molecule has 0 radical (unpaired) electrons. The first kappa shape index (κ1) is 13.3. The summed E-state index contributed by atoms with van der Waals surface area (Å²) >= 11 is 0. The molecule has 3 heteroatoms. The van der Waals surface area contributed by atoms with E-state index in [0.29, 0.717) is 0 Å². The summed E-state index contributed by atoms with van der Waals surface area (Å²) in [4.78, 5) is 2.60. The summed E-state index contributed by atoms with van der Waals surface area (Å²) in [5.41, 5.74) is 6.58. The highest BCUT2D eigenvalue weighted by Crippen LogP contribution is 2.30. The Labute approximate surface area is 106 Å². The van der Waals surface area contributed by atoms with Crippen molar-refractivity contribution < 1.29 is 4.74 Å². The third-order valence-corrected chi connectivity index (χ3v) is 4.53. The van der Waals surface area contributed by atoms with Crippen molar-refractivity contribution in [2.24, 2.45) is 11.7 Å². The molecule has 1 aliphatic carbocycles. The van der Waals surface area contributed by atoms with Gasteiger partial charge in [-0.15, -0.1) is 0 Å². The average Bonchev–Trinajstić information content (AvgIpc) is 2.76. The minimum atomic E-state index is 0.161. The van der Waals surface area contributed by atoms with E-state index in [1.165, 1.54) is 64.6 Å². The molecule has 2 aliphatic rings. The van der Waals surface area contributed by atoms with E-state index in [-0.39, 0.29) is 5.54 Å². The van der Waals surface area contributed by atoms with Crippen LogP contribution in [0.5, 0.6) is 0 Å². The van der Waals surface area contributed by atoms with Crippen molar-refractivity contribution in [3.05, 3.63) is 0 Å². The highest BCUT2D eigenvalue weighted by Gasteiger charge is 2.30. The minimum Gasteiger partial charge on any atom is -0.384 e. The normalized spacial score (nSPS) is 29.6. The van der Waals surface area contributed by atoms with Crippen LogP contribution in [0.1, 0.15) is 44.9 Å². The van der Waals surface area contributed by atoms with Crippen LogP contribution in [0.15, 0.2) is 0 Å². The molecule has 0 bridgehead atoms. The summed E-state index contributed by atoms with van der Waals surface area (Å²) in [5, 5.41) is 0. The van der Waals surface area contributed by atoms with Gasteiger partial charge >= 0.3 is 0 Å². The first-order valence-corrected chi connectivity index (χ1v) is 7.22. The Morgan fingerprint density at radius 2 is 2.06 bits per heavy atom. The highest BCUT2D eigenvalue weighted by atomic mass is 16.5. The molecular formula is C14H28N2O. The van der Waals surface area contributed by atoms with Gasteiger partial charge in [-0.05, 0) is 51.1 Å². The maximum Gasteiger partial charge on any atom is 0.0502 e. The summed E-state index contributed by atoms with van der Waals surface area (Å²) < 4.78 is 5.28. The number of ether oxygens (including phenoxy) is 1. The fraction of sp³-hybridized carbons (Fsp3) is 1.00. The van der Waals surface area contributed by atoms with E-state index in [0.717, 1.165) is 12.5 Å². The first-order chi connectivity index (χ1) is 8.22. The third-order valence-electron chi connectivity index (χ3n) is 4.53. The van der Waals surface area contributed by atoms with E-state index in [9.17, 15) is 0 Å². The highest BCUT2D eigenvalue weighted by molar-refractivity contribution is 4.90. The molecule has 0 aromatic carbocycles. The Balaban J connectivity index is 1.71. The van der Waals surface area contributed by atoms with Gasteiger partial charge in [0.1, 0.15) is 0 Å². The zero-order valence-electron chi connectivity index (χ0n) is 11.3. The van der Waals surface area contributed by atoms with Crippen LogP contribution in [0.25, 0.3) is 0 Å². The molecule has 17 heavy (non-hydrogen) atoms. The number of nitrogens with two attached hydrogens (primary N) is 1. The van der Waals surface area contributed by atoms with Gasteiger partial charge in [-0.1, -0.05) is 12.8 Å². The average molecular weight is 240 g/mol. The monoisotopic (exact) mass is 240 g/mol. The SMILES string of the molecule is COCC1CCCN(CCC2(N)CCCC2)C1. The Morgan fingerprint density at radius 3 is 2.76 bits per heavy atom. The van der Waals surface area contributed by atoms with Crippen molar-refractivity contribution >= 4 is 0 Å². The Morgan fingerprint density at radius 1 is 1.29 bits per heavy atom. The number of nitrogens with zero attached hydrogens (tertiary/aromatic N) is 1. The molecule has 2 fully saturated rings. The molecule has 0 aromatic rings. The van der Waals surface area contributed by atoms with Crippen LogP contribution >= 0.6 is 0 Å². The summed E-state index contributed by atoms with van der Waals surface area (Å²) in [6, 6.07) is 0. The van der Waals surface area contributed by atoms with Crippen LogP contribution in [0.3, 0.4) is 0 Å². The molecule has 2 rings (SSSR count). The number of hydrogen-bond acceptors (Lipinski definition) is 3. The fourth-order valence-corrected chi connectivity index (χ4v) is 3.44. The maximum absolute atomic E-state index is 6.42. The second-order valence-corrected chi connectivity index (χ2v) is 6.08. The van der Waals surface area contributed by atoms with Crippen molar-refractivity contribution in [2.75, 3.05) is 33.4 Å². The molecule has 100 valence electrons. The fourth-order valence-electron chi connectivity index (χ4n) is 3.44. The van der Waals surface area contributed by atoms with Gasteiger partial charge in [-0.3, -0.25) is 0 Å². The van der Waals surface area contributed by atoms with Gasteiger partial charge in [-0.2, -0.15) is 0 Å². The predicted molar refractivity (Wildman–Crippen MR) is 71.0 cm³/mol. The molecule has 2 N–H and O–H groups in total. The number of hydrogen-bond donors (Lipinski definition) is 1. The lowest BCUT2D eigenvalue weighted by Crippen LogP contribution is -2.43. The first-order valence-electron chi connectivity index (χ1n) is 7.22. The lowest BCUT2D eigenvalue weighted by Gasteiger charge is -2.34. The Bertz CT molecular complexity index is 224. The smallest absolute Gasteiger partial charge is 0.0502 e. The largest absolute Gasteiger partial charge is 0.384 e. The molecular weight excluding hydrogens is 212 g/mol. The maximum atomic E-state index is 6.42. The van der Waals surface area contributed by atoms with Crippen LogP contribution in [-0.2, 0) is 4.74 Å². The molecule has 0 aromatic heterocycles. The topological polar surface area (TPSA) is 38.5 Å². The van der Waals surface area contributed by atoms with Gasteiger partial charge in [0.15, 0.2) is 0 Å². The Hall–Kier alpha value is -0.120. The molecule has 0 spiro atoms. The number of methoxy groups -OCH3 is 1. The molecule has 1 unspecified atom stereocenters. The van der Waals surface area contributed by atoms with E-state index >= 15 is 0 Å². The molecule has 3 nitrogen and oxygen atoms in total. The van der Waals surface area contributed by atoms with Crippen molar-refractivity contribution in [3.63, 3.8) is 0 Å². The minimum absolute atomic E-state index is 0.161. The van der Waals surface area contributed by atoms with Crippen molar-refractivity contribution in [1.82, 2.24) is 4.90 Å². The second kappa shape index (κ2) is 6.17. The summed E-state index contributed by atoms with van der Waals surface area (Å²) in [6.45, 7) is 4.58. The van der Waals surface area contributed by atoms with Gasteiger partial charge < -0.3 is 15.4 Å². The molecule has 1 atom stereocenters. The zero-order valence-corrected chi connectivity index (χ0v) is 11.3. The summed E-state index contributed by atoms with van der Waals surface area (Å²) in [5.74, 6) is 0.742. The van der Waals surface area contributed by atoms with E-state index in [4.69, 9.17) is 10.5 Å². The standard InChI is InChI=1S/C14H28N2O/c1-17-12-13-5-4-9-16(11-13)10-8-14(15)6-2-3-7-14/h13H,2-12,15H2,1H3. The van der Waals surface area contributed by atoms with Crippen LogP contribution < -0.4 is 5.73 Å². The quantitative estimate of drug-likeness (QED) is 0.799. The molecule has 1 aliphatic heterocycles. The lowest BCUT2D eigenvalue weighted by molar-refractivity contribution is 0.0867. The number of rotatable bonds is 5. The summed E-state index contributed by atoms with van der Waals surface area (Å²) in [7, 11) is 1.81. The van der Waals surface area contributed by atoms with E-state index < -0.39 is 0 Å². The van der Waals surface area contributed by atoms with Crippen LogP contribution in [0.4, 0.5) is 0 Å². The van der Waals surface area contributed by atoms with E-state index in [2.05, 4.69) is 4.90 Å². The van der Waals surface area contributed by atoms with E-state index in [1.807, 2.05) is 7.11 Å².